The zero-order valence-corrected chi connectivity index (χ0v) is 11.3. The van der Waals surface area contributed by atoms with Crippen LogP contribution in [0, 0.1) is 17.2 Å². The van der Waals surface area contributed by atoms with Crippen LogP contribution in [0.1, 0.15) is 19.4 Å². The minimum atomic E-state index is -0.768. The first-order valence-electron chi connectivity index (χ1n) is 6.03. The van der Waals surface area contributed by atoms with Crippen molar-refractivity contribution in [1.29, 1.82) is 5.26 Å². The molecule has 0 aliphatic rings. The molecule has 0 saturated heterocycles. The number of phenols is 1. The Hall–Kier alpha value is -2.22. The Bertz CT molecular complexity index is 492. The first kappa shape index (κ1) is 14.8. The number of phenolic OH excluding ortho intramolecular Hbond substituents is 1. The zero-order valence-electron chi connectivity index (χ0n) is 11.3. The SMILES string of the molecule is COc1ccc(CC(C#N)C(=O)NC(C)C)cc1O. The number of benzene rings is 1. The molecular weight excluding hydrogens is 244 g/mol. The molecule has 1 unspecified atom stereocenters. The Morgan fingerprint density at radius 3 is 2.68 bits per heavy atom. The third kappa shape index (κ3) is 4.18. The summed E-state index contributed by atoms with van der Waals surface area (Å²) in [4.78, 5) is 11.8. The van der Waals surface area contributed by atoms with Crippen molar-refractivity contribution in [3.63, 3.8) is 0 Å². The lowest BCUT2D eigenvalue weighted by Gasteiger charge is -2.13. The Morgan fingerprint density at radius 1 is 1.53 bits per heavy atom. The Kier molecular flexibility index (Phi) is 5.19. The lowest BCUT2D eigenvalue weighted by atomic mass is 9.99. The van der Waals surface area contributed by atoms with E-state index in [2.05, 4.69) is 5.32 Å². The van der Waals surface area contributed by atoms with Crippen molar-refractivity contribution >= 4 is 5.91 Å². The van der Waals surface area contributed by atoms with Crippen LogP contribution in [0.3, 0.4) is 0 Å². The van der Waals surface area contributed by atoms with E-state index in [1.807, 2.05) is 19.9 Å². The van der Waals surface area contributed by atoms with Crippen molar-refractivity contribution in [2.45, 2.75) is 26.3 Å². The number of aromatic hydroxyl groups is 1. The number of methoxy groups -OCH3 is 1. The molecule has 5 heteroatoms. The van der Waals surface area contributed by atoms with E-state index in [4.69, 9.17) is 10.00 Å². The first-order chi connectivity index (χ1) is 8.97. The predicted octanol–water partition coefficient (Wildman–Crippen LogP) is 1.61. The maximum atomic E-state index is 11.8. The third-order valence-electron chi connectivity index (χ3n) is 2.59. The fourth-order valence-electron chi connectivity index (χ4n) is 1.68. The largest absolute Gasteiger partial charge is 0.504 e. The van der Waals surface area contributed by atoms with E-state index < -0.39 is 5.92 Å². The van der Waals surface area contributed by atoms with Gasteiger partial charge in [0.1, 0.15) is 5.92 Å². The summed E-state index contributed by atoms with van der Waals surface area (Å²) in [6.07, 6.45) is 0.257. The number of amides is 1. The summed E-state index contributed by atoms with van der Waals surface area (Å²) in [6.45, 7) is 3.68. The standard InChI is InChI=1S/C14H18N2O3/c1-9(2)16-14(18)11(8-15)6-10-4-5-13(19-3)12(17)7-10/h4-5,7,9,11,17H,6H2,1-3H3,(H,16,18). The molecule has 2 N–H and O–H groups in total. The second-order valence-corrected chi connectivity index (χ2v) is 4.56. The van der Waals surface area contributed by atoms with Crippen molar-refractivity contribution in [3.05, 3.63) is 23.8 Å². The summed E-state index contributed by atoms with van der Waals surface area (Å²) in [5.41, 5.74) is 0.712. The number of hydrogen-bond acceptors (Lipinski definition) is 4. The van der Waals surface area contributed by atoms with E-state index in [1.54, 1.807) is 12.1 Å². The molecule has 0 aliphatic heterocycles. The quantitative estimate of drug-likeness (QED) is 0.844. The van der Waals surface area contributed by atoms with E-state index in [0.29, 0.717) is 11.3 Å². The average Bonchev–Trinajstić information content (AvgIpc) is 2.35. The van der Waals surface area contributed by atoms with Gasteiger partial charge < -0.3 is 15.2 Å². The van der Waals surface area contributed by atoms with E-state index in [-0.39, 0.29) is 24.1 Å². The summed E-state index contributed by atoms with van der Waals surface area (Å²) >= 11 is 0. The second-order valence-electron chi connectivity index (χ2n) is 4.56. The monoisotopic (exact) mass is 262 g/mol. The minimum absolute atomic E-state index is 0.000887. The van der Waals surface area contributed by atoms with Gasteiger partial charge in [-0.25, -0.2) is 0 Å². The molecule has 1 aromatic rings. The molecule has 0 spiro atoms. The van der Waals surface area contributed by atoms with Crippen molar-refractivity contribution in [2.75, 3.05) is 7.11 Å². The maximum absolute atomic E-state index is 11.8. The molecule has 0 saturated carbocycles. The number of carbonyl (C=O) groups excluding carboxylic acids is 1. The fraction of sp³-hybridized carbons (Fsp3) is 0.429. The topological polar surface area (TPSA) is 82.3 Å². The van der Waals surface area contributed by atoms with Crippen molar-refractivity contribution in [3.8, 4) is 17.6 Å². The molecule has 0 radical (unpaired) electrons. The number of nitriles is 1. The highest BCUT2D eigenvalue weighted by Gasteiger charge is 2.19. The normalized spacial score (nSPS) is 11.7. The van der Waals surface area contributed by atoms with Gasteiger partial charge in [-0.2, -0.15) is 5.26 Å². The molecule has 102 valence electrons. The van der Waals surface area contributed by atoms with Crippen LogP contribution in [0.15, 0.2) is 18.2 Å². The number of hydrogen-bond donors (Lipinski definition) is 2. The highest BCUT2D eigenvalue weighted by Crippen LogP contribution is 2.27. The van der Waals surface area contributed by atoms with Crippen molar-refractivity contribution < 1.29 is 14.6 Å². The van der Waals surface area contributed by atoms with E-state index in [9.17, 15) is 9.90 Å². The highest BCUT2D eigenvalue weighted by atomic mass is 16.5. The van der Waals surface area contributed by atoms with Crippen molar-refractivity contribution in [1.82, 2.24) is 5.32 Å². The van der Waals surface area contributed by atoms with Crippen LogP contribution < -0.4 is 10.1 Å². The van der Waals surface area contributed by atoms with E-state index in [0.717, 1.165) is 0 Å². The van der Waals surface area contributed by atoms with Crippen LogP contribution in [0.25, 0.3) is 0 Å². The molecule has 5 nitrogen and oxygen atoms in total. The molecule has 0 aromatic heterocycles. The van der Waals surface area contributed by atoms with Gasteiger partial charge in [-0.3, -0.25) is 4.79 Å². The second kappa shape index (κ2) is 6.64. The van der Waals surface area contributed by atoms with Gasteiger partial charge in [0.2, 0.25) is 5.91 Å². The summed E-state index contributed by atoms with van der Waals surface area (Å²) in [5.74, 6) is -0.701. The molecule has 0 fully saturated rings. The lowest BCUT2D eigenvalue weighted by Crippen LogP contribution is -2.35. The molecule has 1 atom stereocenters. The molecule has 0 aliphatic carbocycles. The van der Waals surface area contributed by atoms with Crippen LogP contribution >= 0.6 is 0 Å². The first-order valence-corrected chi connectivity index (χ1v) is 6.03. The van der Waals surface area contributed by atoms with Crippen LogP contribution in [0.2, 0.25) is 0 Å². The van der Waals surface area contributed by atoms with Gasteiger partial charge in [0.25, 0.3) is 0 Å². The summed E-state index contributed by atoms with van der Waals surface area (Å²) in [7, 11) is 1.46. The van der Waals surface area contributed by atoms with Crippen molar-refractivity contribution in [2.24, 2.45) is 5.92 Å². The van der Waals surface area contributed by atoms with Gasteiger partial charge in [0.15, 0.2) is 11.5 Å². The predicted molar refractivity (Wildman–Crippen MR) is 70.7 cm³/mol. The zero-order chi connectivity index (χ0) is 14.4. The van der Waals surface area contributed by atoms with Crippen LogP contribution in [-0.2, 0) is 11.2 Å². The summed E-state index contributed by atoms with van der Waals surface area (Å²) < 4.78 is 4.94. The van der Waals surface area contributed by atoms with Gasteiger partial charge in [-0.05, 0) is 38.0 Å². The smallest absolute Gasteiger partial charge is 0.237 e. The number of nitrogens with zero attached hydrogens (tertiary/aromatic N) is 1. The molecule has 1 aromatic carbocycles. The summed E-state index contributed by atoms with van der Waals surface area (Å²) in [5, 5.41) is 21.4. The van der Waals surface area contributed by atoms with Crippen LogP contribution in [-0.4, -0.2) is 24.2 Å². The fourth-order valence-corrected chi connectivity index (χ4v) is 1.68. The van der Waals surface area contributed by atoms with Gasteiger partial charge >= 0.3 is 0 Å². The number of nitrogens with one attached hydrogen (secondary N) is 1. The molecular formula is C14H18N2O3. The van der Waals surface area contributed by atoms with Gasteiger partial charge in [0, 0.05) is 6.04 Å². The van der Waals surface area contributed by atoms with Crippen LogP contribution in [0.5, 0.6) is 11.5 Å². The molecule has 1 rings (SSSR count). The van der Waals surface area contributed by atoms with E-state index in [1.165, 1.54) is 13.2 Å². The van der Waals surface area contributed by atoms with Gasteiger partial charge in [0.05, 0.1) is 13.2 Å². The molecule has 0 heterocycles. The molecule has 1 amide bonds. The van der Waals surface area contributed by atoms with Crippen LogP contribution in [0.4, 0.5) is 0 Å². The maximum Gasteiger partial charge on any atom is 0.237 e. The van der Waals surface area contributed by atoms with Gasteiger partial charge in [-0.15, -0.1) is 0 Å². The average molecular weight is 262 g/mol. The number of ether oxygens (including phenoxy) is 1. The highest BCUT2D eigenvalue weighted by molar-refractivity contribution is 5.81. The number of rotatable bonds is 5. The van der Waals surface area contributed by atoms with E-state index >= 15 is 0 Å². The Balaban J connectivity index is 2.79. The lowest BCUT2D eigenvalue weighted by molar-refractivity contribution is -0.123. The Labute approximate surface area is 112 Å². The molecule has 0 bridgehead atoms. The third-order valence-corrected chi connectivity index (χ3v) is 2.59. The van der Waals surface area contributed by atoms with Gasteiger partial charge in [-0.1, -0.05) is 6.07 Å². The Morgan fingerprint density at radius 2 is 2.21 bits per heavy atom. The molecule has 19 heavy (non-hydrogen) atoms. The number of carbonyl (C=O) groups is 1. The minimum Gasteiger partial charge on any atom is -0.504 e. The summed E-state index contributed by atoms with van der Waals surface area (Å²) in [6, 6.07) is 6.82.